The molecule has 2 aromatic rings. The zero-order valence-corrected chi connectivity index (χ0v) is 8.41. The number of halogens is 1. The molecule has 0 aliphatic carbocycles. The fourth-order valence-corrected chi connectivity index (χ4v) is 1.25. The van der Waals surface area contributed by atoms with Gasteiger partial charge in [0.05, 0.1) is 17.5 Å². The zero-order chi connectivity index (χ0) is 10.8. The van der Waals surface area contributed by atoms with Crippen molar-refractivity contribution in [1.29, 1.82) is 0 Å². The van der Waals surface area contributed by atoms with Crippen LogP contribution in [-0.4, -0.2) is 17.0 Å². The van der Waals surface area contributed by atoms with Crippen LogP contribution in [-0.2, 0) is 0 Å². The van der Waals surface area contributed by atoms with E-state index in [4.69, 9.17) is 4.42 Å². The maximum atomic E-state index is 13.4. The van der Waals surface area contributed by atoms with Gasteiger partial charge in [-0.05, 0) is 13.0 Å². The van der Waals surface area contributed by atoms with E-state index in [9.17, 15) is 4.39 Å². The second kappa shape index (κ2) is 3.68. The first-order valence-corrected chi connectivity index (χ1v) is 4.47. The molecule has 0 saturated heterocycles. The van der Waals surface area contributed by atoms with Gasteiger partial charge >= 0.3 is 0 Å². The van der Waals surface area contributed by atoms with Crippen LogP contribution < -0.4 is 5.32 Å². The van der Waals surface area contributed by atoms with Crippen LogP contribution >= 0.6 is 0 Å². The highest BCUT2D eigenvalue weighted by atomic mass is 19.1. The summed E-state index contributed by atoms with van der Waals surface area (Å²) in [6.45, 7) is 1.60. The van der Waals surface area contributed by atoms with Crippen molar-refractivity contribution in [3.8, 4) is 11.4 Å². The van der Waals surface area contributed by atoms with Crippen molar-refractivity contribution in [1.82, 2.24) is 9.97 Å². The van der Waals surface area contributed by atoms with Gasteiger partial charge in [0.15, 0.2) is 17.5 Å². The van der Waals surface area contributed by atoms with Crippen LogP contribution in [0.5, 0.6) is 0 Å². The zero-order valence-electron chi connectivity index (χ0n) is 8.41. The van der Waals surface area contributed by atoms with E-state index >= 15 is 0 Å². The average molecular weight is 207 g/mol. The molecule has 2 heterocycles. The number of furan rings is 1. The third kappa shape index (κ3) is 1.68. The third-order valence-electron chi connectivity index (χ3n) is 2.03. The molecule has 1 N–H and O–H groups in total. The molecule has 0 fully saturated rings. The minimum Gasteiger partial charge on any atom is -0.472 e. The first kappa shape index (κ1) is 9.64. The topological polar surface area (TPSA) is 51.0 Å². The Bertz CT molecular complexity index is 468. The van der Waals surface area contributed by atoms with Gasteiger partial charge in [0.2, 0.25) is 0 Å². The van der Waals surface area contributed by atoms with Gasteiger partial charge in [-0.15, -0.1) is 0 Å². The largest absolute Gasteiger partial charge is 0.472 e. The highest BCUT2D eigenvalue weighted by Gasteiger charge is 2.11. The maximum absolute atomic E-state index is 13.4. The molecule has 0 aromatic carbocycles. The molecule has 0 unspecified atom stereocenters. The van der Waals surface area contributed by atoms with Crippen molar-refractivity contribution in [3.63, 3.8) is 0 Å². The van der Waals surface area contributed by atoms with E-state index in [0.717, 1.165) is 5.56 Å². The number of hydrogen-bond acceptors (Lipinski definition) is 4. The molecule has 78 valence electrons. The summed E-state index contributed by atoms with van der Waals surface area (Å²) in [5.41, 5.74) is 1.04. The van der Waals surface area contributed by atoms with Crippen molar-refractivity contribution in [2.45, 2.75) is 6.92 Å². The Hall–Kier alpha value is -1.91. The monoisotopic (exact) mass is 207 g/mol. The van der Waals surface area contributed by atoms with E-state index in [1.54, 1.807) is 20.0 Å². The molecule has 0 aliphatic rings. The molecule has 0 atom stereocenters. The lowest BCUT2D eigenvalue weighted by Gasteiger charge is -2.05. The molecular weight excluding hydrogens is 197 g/mol. The normalized spacial score (nSPS) is 10.3. The Kier molecular flexibility index (Phi) is 2.37. The second-order valence-electron chi connectivity index (χ2n) is 3.06. The van der Waals surface area contributed by atoms with Crippen LogP contribution in [0.1, 0.15) is 5.69 Å². The predicted molar refractivity (Wildman–Crippen MR) is 54.0 cm³/mol. The van der Waals surface area contributed by atoms with Gasteiger partial charge in [-0.2, -0.15) is 0 Å². The molecule has 0 spiro atoms. The average Bonchev–Trinajstić information content (AvgIpc) is 2.75. The quantitative estimate of drug-likeness (QED) is 0.820. The van der Waals surface area contributed by atoms with E-state index in [1.807, 2.05) is 0 Å². The molecule has 15 heavy (non-hydrogen) atoms. The van der Waals surface area contributed by atoms with Crippen LogP contribution in [0.2, 0.25) is 0 Å². The summed E-state index contributed by atoms with van der Waals surface area (Å²) in [6.07, 6.45) is 3.04. The SMILES string of the molecule is CNc1nc(-c2ccoc2)nc(C)c1F. The number of hydrogen-bond donors (Lipinski definition) is 1. The molecule has 0 aliphatic heterocycles. The predicted octanol–water partition coefficient (Wildman–Crippen LogP) is 2.23. The van der Waals surface area contributed by atoms with Crippen molar-refractivity contribution < 1.29 is 8.81 Å². The minimum absolute atomic E-state index is 0.193. The van der Waals surface area contributed by atoms with Crippen molar-refractivity contribution in [2.24, 2.45) is 0 Å². The lowest BCUT2D eigenvalue weighted by molar-refractivity contribution is 0.567. The summed E-state index contributed by atoms with van der Waals surface area (Å²) in [5.74, 6) is 0.218. The van der Waals surface area contributed by atoms with Gasteiger partial charge in [-0.3, -0.25) is 0 Å². The number of nitrogens with one attached hydrogen (secondary N) is 1. The van der Waals surface area contributed by atoms with Crippen molar-refractivity contribution in [3.05, 3.63) is 30.1 Å². The molecule has 5 heteroatoms. The molecule has 2 rings (SSSR count). The van der Waals surface area contributed by atoms with Gasteiger partial charge in [-0.25, -0.2) is 14.4 Å². The first-order chi connectivity index (χ1) is 7.22. The third-order valence-corrected chi connectivity index (χ3v) is 2.03. The standard InChI is InChI=1S/C10H10FN3O/c1-6-8(11)10(12-2)14-9(13-6)7-3-4-15-5-7/h3-5H,1-2H3,(H,12,13,14). The van der Waals surface area contributed by atoms with Gasteiger partial charge in [-0.1, -0.05) is 0 Å². The van der Waals surface area contributed by atoms with E-state index in [0.29, 0.717) is 11.5 Å². The molecule has 0 radical (unpaired) electrons. The summed E-state index contributed by atoms with van der Waals surface area (Å²) >= 11 is 0. The Labute approximate surface area is 86.2 Å². The lowest BCUT2D eigenvalue weighted by atomic mass is 10.3. The molecule has 4 nitrogen and oxygen atoms in total. The Balaban J connectivity index is 2.55. The maximum Gasteiger partial charge on any atom is 0.186 e. The van der Waals surface area contributed by atoms with Crippen LogP contribution in [0.4, 0.5) is 10.2 Å². The van der Waals surface area contributed by atoms with Gasteiger partial charge in [0.25, 0.3) is 0 Å². The fourth-order valence-electron chi connectivity index (χ4n) is 1.25. The minimum atomic E-state index is -0.426. The Morgan fingerprint density at radius 2 is 2.20 bits per heavy atom. The molecule has 0 bridgehead atoms. The van der Waals surface area contributed by atoms with Crippen molar-refractivity contribution >= 4 is 5.82 Å². The van der Waals surface area contributed by atoms with Gasteiger partial charge in [0, 0.05) is 7.05 Å². The highest BCUT2D eigenvalue weighted by Crippen LogP contribution is 2.20. The summed E-state index contributed by atoms with van der Waals surface area (Å²) in [7, 11) is 1.62. The lowest BCUT2D eigenvalue weighted by Crippen LogP contribution is -2.03. The van der Waals surface area contributed by atoms with Gasteiger partial charge < -0.3 is 9.73 Å². The summed E-state index contributed by atoms with van der Waals surface area (Å²) in [4.78, 5) is 8.07. The van der Waals surface area contributed by atoms with E-state index < -0.39 is 5.82 Å². The Morgan fingerprint density at radius 3 is 2.80 bits per heavy atom. The van der Waals surface area contributed by atoms with Crippen LogP contribution in [0.25, 0.3) is 11.4 Å². The number of anilines is 1. The molecule has 2 aromatic heterocycles. The van der Waals surface area contributed by atoms with E-state index in [2.05, 4.69) is 15.3 Å². The molecule has 0 amide bonds. The van der Waals surface area contributed by atoms with Crippen LogP contribution in [0, 0.1) is 12.7 Å². The number of aryl methyl sites for hydroxylation is 1. The van der Waals surface area contributed by atoms with E-state index in [1.165, 1.54) is 12.5 Å². The Morgan fingerprint density at radius 1 is 1.40 bits per heavy atom. The molecule has 0 saturated carbocycles. The first-order valence-electron chi connectivity index (χ1n) is 4.47. The van der Waals surface area contributed by atoms with Gasteiger partial charge in [0.1, 0.15) is 6.26 Å². The second-order valence-corrected chi connectivity index (χ2v) is 3.06. The summed E-state index contributed by atoms with van der Waals surface area (Å²) < 4.78 is 18.3. The van der Waals surface area contributed by atoms with Crippen LogP contribution in [0.3, 0.4) is 0 Å². The number of aromatic nitrogens is 2. The highest BCUT2D eigenvalue weighted by molar-refractivity contribution is 5.56. The van der Waals surface area contributed by atoms with Crippen LogP contribution in [0.15, 0.2) is 23.0 Å². The number of nitrogens with zero attached hydrogens (tertiary/aromatic N) is 2. The summed E-state index contributed by atoms with van der Waals surface area (Å²) in [6, 6.07) is 1.73. The smallest absolute Gasteiger partial charge is 0.186 e. The summed E-state index contributed by atoms with van der Waals surface area (Å²) in [5, 5.41) is 2.68. The fraction of sp³-hybridized carbons (Fsp3) is 0.200. The molecular formula is C10H10FN3O. The van der Waals surface area contributed by atoms with E-state index in [-0.39, 0.29) is 5.82 Å². The van der Waals surface area contributed by atoms with Crippen molar-refractivity contribution in [2.75, 3.05) is 12.4 Å². The number of rotatable bonds is 2.